The minimum atomic E-state index is -3.46. The van der Waals surface area contributed by atoms with Crippen molar-refractivity contribution in [1.82, 2.24) is 14.5 Å². The second-order valence-electron chi connectivity index (χ2n) is 3.01. The third-order valence-electron chi connectivity index (χ3n) is 1.75. The van der Waals surface area contributed by atoms with Gasteiger partial charge in [-0.25, -0.2) is 13.1 Å². The summed E-state index contributed by atoms with van der Waals surface area (Å²) in [6.07, 6.45) is 3.56. The Kier molecular flexibility index (Phi) is 3.82. The van der Waals surface area contributed by atoms with Crippen LogP contribution in [0.25, 0.3) is 0 Å². The molecule has 1 rings (SSSR count). The standard InChI is InChI=1S/C8H12N4O2S/c1-12-7-8(6-10-12)15(13,14)11-5-3-2-4-9/h6-7,11H,2-3,5H2,1H3. The van der Waals surface area contributed by atoms with Crippen LogP contribution in [0.15, 0.2) is 17.3 Å². The number of sulfonamides is 1. The number of unbranched alkanes of at least 4 members (excludes halogenated alkanes) is 1. The van der Waals surface area contributed by atoms with E-state index in [0.717, 1.165) is 0 Å². The Morgan fingerprint density at radius 2 is 2.40 bits per heavy atom. The lowest BCUT2D eigenvalue weighted by molar-refractivity contribution is 0.579. The van der Waals surface area contributed by atoms with Crippen LogP contribution in [0.2, 0.25) is 0 Å². The molecule has 0 radical (unpaired) electrons. The van der Waals surface area contributed by atoms with Gasteiger partial charge in [-0.05, 0) is 6.42 Å². The van der Waals surface area contributed by atoms with E-state index < -0.39 is 10.0 Å². The molecule has 0 amide bonds. The van der Waals surface area contributed by atoms with Gasteiger partial charge in [0.05, 0.1) is 12.3 Å². The molecule has 0 aliphatic heterocycles. The molecule has 0 aromatic carbocycles. The number of nitrogens with zero attached hydrogens (tertiary/aromatic N) is 3. The summed E-state index contributed by atoms with van der Waals surface area (Å²) in [5, 5.41) is 12.0. The van der Waals surface area contributed by atoms with Crippen molar-refractivity contribution in [3.05, 3.63) is 12.4 Å². The summed E-state index contributed by atoms with van der Waals surface area (Å²) in [5.41, 5.74) is 0. The van der Waals surface area contributed by atoms with Crippen molar-refractivity contribution in [2.75, 3.05) is 6.54 Å². The Labute approximate surface area is 88.6 Å². The van der Waals surface area contributed by atoms with E-state index in [4.69, 9.17) is 5.26 Å². The van der Waals surface area contributed by atoms with E-state index >= 15 is 0 Å². The molecule has 0 aliphatic rings. The van der Waals surface area contributed by atoms with Crippen molar-refractivity contribution in [3.63, 3.8) is 0 Å². The molecule has 15 heavy (non-hydrogen) atoms. The molecule has 7 heteroatoms. The fraction of sp³-hybridized carbons (Fsp3) is 0.500. The maximum absolute atomic E-state index is 11.6. The van der Waals surface area contributed by atoms with Gasteiger partial charge in [0.2, 0.25) is 10.0 Å². The highest BCUT2D eigenvalue weighted by atomic mass is 32.2. The number of hydrogen-bond acceptors (Lipinski definition) is 4. The SMILES string of the molecule is Cn1cc(S(=O)(=O)NCCCC#N)cn1. The van der Waals surface area contributed by atoms with Gasteiger partial charge in [0.15, 0.2) is 0 Å². The van der Waals surface area contributed by atoms with Crippen LogP contribution in [0.4, 0.5) is 0 Å². The predicted molar refractivity (Wildman–Crippen MR) is 53.2 cm³/mol. The van der Waals surface area contributed by atoms with Crippen LogP contribution in [-0.4, -0.2) is 24.7 Å². The first-order chi connectivity index (χ1) is 7.06. The van der Waals surface area contributed by atoms with Crippen molar-refractivity contribution < 1.29 is 8.42 Å². The molecular formula is C8H12N4O2S. The molecule has 0 saturated carbocycles. The zero-order valence-corrected chi connectivity index (χ0v) is 9.16. The maximum Gasteiger partial charge on any atom is 0.243 e. The Balaban J connectivity index is 2.57. The number of aromatic nitrogens is 2. The lowest BCUT2D eigenvalue weighted by atomic mass is 10.3. The Morgan fingerprint density at radius 3 is 2.93 bits per heavy atom. The topological polar surface area (TPSA) is 87.8 Å². The second kappa shape index (κ2) is 4.91. The van der Waals surface area contributed by atoms with Crippen LogP contribution in [0.3, 0.4) is 0 Å². The maximum atomic E-state index is 11.6. The van der Waals surface area contributed by atoms with Crippen LogP contribution in [0, 0.1) is 11.3 Å². The molecule has 1 aromatic rings. The van der Waals surface area contributed by atoms with Crippen LogP contribution in [0.1, 0.15) is 12.8 Å². The third kappa shape index (κ3) is 3.34. The molecule has 0 unspecified atom stereocenters. The van der Waals surface area contributed by atoms with Crippen molar-refractivity contribution in [3.8, 4) is 6.07 Å². The Hall–Kier alpha value is -1.39. The van der Waals surface area contributed by atoms with Gasteiger partial charge in [-0.3, -0.25) is 4.68 Å². The van der Waals surface area contributed by atoms with Crippen molar-refractivity contribution in [2.24, 2.45) is 7.05 Å². The fourth-order valence-corrected chi connectivity index (χ4v) is 2.05. The van der Waals surface area contributed by atoms with Gasteiger partial charge in [0, 0.05) is 26.2 Å². The Bertz CT molecular complexity index is 457. The lowest BCUT2D eigenvalue weighted by Gasteiger charge is -2.01. The molecule has 1 N–H and O–H groups in total. The van der Waals surface area contributed by atoms with Crippen LogP contribution in [-0.2, 0) is 17.1 Å². The number of aryl methyl sites for hydroxylation is 1. The highest BCUT2D eigenvalue weighted by molar-refractivity contribution is 7.89. The van der Waals surface area contributed by atoms with Gasteiger partial charge in [-0.1, -0.05) is 0 Å². The number of nitrogens with one attached hydrogen (secondary N) is 1. The molecule has 6 nitrogen and oxygen atoms in total. The second-order valence-corrected chi connectivity index (χ2v) is 4.78. The molecule has 0 spiro atoms. The van der Waals surface area contributed by atoms with E-state index in [1.807, 2.05) is 6.07 Å². The van der Waals surface area contributed by atoms with E-state index in [1.54, 1.807) is 7.05 Å². The van der Waals surface area contributed by atoms with Gasteiger partial charge in [0.1, 0.15) is 4.90 Å². The average Bonchev–Trinajstić information content (AvgIpc) is 2.60. The summed E-state index contributed by atoms with van der Waals surface area (Å²) in [7, 11) is -1.82. The van der Waals surface area contributed by atoms with E-state index in [2.05, 4.69) is 9.82 Å². The number of nitriles is 1. The summed E-state index contributed by atoms with van der Waals surface area (Å²) >= 11 is 0. The molecule has 0 fully saturated rings. The van der Waals surface area contributed by atoms with Crippen LogP contribution in [0.5, 0.6) is 0 Å². The molecule has 0 atom stereocenters. The van der Waals surface area contributed by atoms with Gasteiger partial charge in [-0.15, -0.1) is 0 Å². The van der Waals surface area contributed by atoms with Gasteiger partial charge < -0.3 is 0 Å². The number of hydrogen-bond donors (Lipinski definition) is 1. The fourth-order valence-electron chi connectivity index (χ4n) is 0.995. The van der Waals surface area contributed by atoms with E-state index in [-0.39, 0.29) is 11.4 Å². The summed E-state index contributed by atoms with van der Waals surface area (Å²) in [5.74, 6) is 0. The quantitative estimate of drug-likeness (QED) is 0.719. The molecule has 82 valence electrons. The summed E-state index contributed by atoms with van der Waals surface area (Å²) < 4.78 is 26.9. The summed E-state index contributed by atoms with van der Waals surface area (Å²) in [6.45, 7) is 0.269. The van der Waals surface area contributed by atoms with E-state index in [0.29, 0.717) is 12.8 Å². The lowest BCUT2D eigenvalue weighted by Crippen LogP contribution is -2.24. The molecule has 0 saturated heterocycles. The minimum Gasteiger partial charge on any atom is -0.274 e. The van der Waals surface area contributed by atoms with Gasteiger partial charge in [0.25, 0.3) is 0 Å². The highest BCUT2D eigenvalue weighted by Gasteiger charge is 2.14. The van der Waals surface area contributed by atoms with Crippen LogP contribution >= 0.6 is 0 Å². The predicted octanol–water partition coefficient (Wildman–Crippen LogP) is 0.00218. The Morgan fingerprint density at radius 1 is 1.67 bits per heavy atom. The largest absolute Gasteiger partial charge is 0.274 e. The van der Waals surface area contributed by atoms with E-state index in [9.17, 15) is 8.42 Å². The number of rotatable bonds is 5. The highest BCUT2D eigenvalue weighted by Crippen LogP contribution is 2.05. The smallest absolute Gasteiger partial charge is 0.243 e. The first kappa shape index (κ1) is 11.7. The first-order valence-electron chi connectivity index (χ1n) is 4.41. The zero-order valence-electron chi connectivity index (χ0n) is 8.34. The minimum absolute atomic E-state index is 0.141. The monoisotopic (exact) mass is 228 g/mol. The first-order valence-corrected chi connectivity index (χ1v) is 5.90. The zero-order chi connectivity index (χ0) is 11.3. The summed E-state index contributed by atoms with van der Waals surface area (Å²) in [6, 6.07) is 1.95. The normalized spacial score (nSPS) is 11.2. The molecule has 0 bridgehead atoms. The summed E-state index contributed by atoms with van der Waals surface area (Å²) in [4.78, 5) is 0.141. The molecule has 1 aromatic heterocycles. The van der Waals surface area contributed by atoms with Crippen molar-refractivity contribution >= 4 is 10.0 Å². The van der Waals surface area contributed by atoms with E-state index in [1.165, 1.54) is 17.1 Å². The molecular weight excluding hydrogens is 216 g/mol. The molecule has 0 aliphatic carbocycles. The third-order valence-corrected chi connectivity index (χ3v) is 3.16. The van der Waals surface area contributed by atoms with Gasteiger partial charge in [-0.2, -0.15) is 10.4 Å². The average molecular weight is 228 g/mol. The van der Waals surface area contributed by atoms with Crippen molar-refractivity contribution in [2.45, 2.75) is 17.7 Å². The van der Waals surface area contributed by atoms with Crippen molar-refractivity contribution in [1.29, 1.82) is 5.26 Å². The van der Waals surface area contributed by atoms with Crippen LogP contribution < -0.4 is 4.72 Å². The molecule has 1 heterocycles. The van der Waals surface area contributed by atoms with Gasteiger partial charge >= 0.3 is 0 Å².